The normalized spacial score (nSPS) is 15.2. The molecular weight excluding hydrogens is 419 g/mol. The lowest BCUT2D eigenvalue weighted by Crippen LogP contribution is -2.48. The summed E-state index contributed by atoms with van der Waals surface area (Å²) >= 11 is 1.49. The van der Waals surface area contributed by atoms with E-state index in [-0.39, 0.29) is 36.8 Å². The van der Waals surface area contributed by atoms with E-state index in [1.165, 1.54) is 16.9 Å². The number of rotatable bonds is 8. The lowest BCUT2D eigenvalue weighted by molar-refractivity contribution is 0.0333. The average Bonchev–Trinajstić information content (AvgIpc) is 3.12. The van der Waals surface area contributed by atoms with Gasteiger partial charge in [-0.2, -0.15) is 0 Å². The van der Waals surface area contributed by atoms with E-state index in [1.807, 2.05) is 23.6 Å². The second kappa shape index (κ2) is 13.1. The van der Waals surface area contributed by atoms with Crippen molar-refractivity contribution in [3.63, 3.8) is 0 Å². The Morgan fingerprint density at radius 2 is 1.96 bits per heavy atom. The number of aromatic nitrogens is 1. The van der Waals surface area contributed by atoms with E-state index in [9.17, 15) is 4.79 Å². The fourth-order valence-electron chi connectivity index (χ4n) is 3.07. The van der Waals surface area contributed by atoms with Crippen molar-refractivity contribution in [2.45, 2.75) is 18.9 Å². The number of thiazole rings is 1. The molecule has 1 aromatic heterocycles. The summed E-state index contributed by atoms with van der Waals surface area (Å²) in [4.78, 5) is 19.4. The lowest BCUT2D eigenvalue weighted by Gasteiger charge is -2.30. The molecule has 3 rings (SSSR count). The van der Waals surface area contributed by atoms with Crippen molar-refractivity contribution in [3.05, 3.63) is 52.0 Å². The van der Waals surface area contributed by atoms with Crippen LogP contribution < -0.4 is 11.1 Å². The largest absolute Gasteiger partial charge is 0.379 e. The predicted octanol–water partition coefficient (Wildman–Crippen LogP) is 2.16. The zero-order valence-corrected chi connectivity index (χ0v) is 18.2. The summed E-state index contributed by atoms with van der Waals surface area (Å²) in [6, 6.07) is 10.3. The van der Waals surface area contributed by atoms with Gasteiger partial charge in [0, 0.05) is 37.5 Å². The van der Waals surface area contributed by atoms with E-state index < -0.39 is 0 Å². The van der Waals surface area contributed by atoms with Crippen LogP contribution in [0.4, 0.5) is 0 Å². The van der Waals surface area contributed by atoms with Gasteiger partial charge in [0.2, 0.25) is 0 Å². The van der Waals surface area contributed by atoms with Crippen molar-refractivity contribution in [2.24, 2.45) is 5.73 Å². The molecule has 1 fully saturated rings. The fraction of sp³-hybridized carbons (Fsp3) is 0.474. The fourth-order valence-corrected chi connectivity index (χ4v) is 3.86. The Kier molecular flexibility index (Phi) is 11.6. The summed E-state index contributed by atoms with van der Waals surface area (Å²) in [7, 11) is 0. The number of benzene rings is 1. The van der Waals surface area contributed by atoms with E-state index in [0.717, 1.165) is 44.3 Å². The number of carbonyl (C=O) groups is 1. The van der Waals surface area contributed by atoms with E-state index in [0.29, 0.717) is 18.7 Å². The molecule has 0 radical (unpaired) electrons. The summed E-state index contributed by atoms with van der Waals surface area (Å²) in [5, 5.41) is 5.90. The highest BCUT2D eigenvalue weighted by Crippen LogP contribution is 2.12. The quantitative estimate of drug-likeness (QED) is 0.649. The van der Waals surface area contributed by atoms with Gasteiger partial charge in [-0.3, -0.25) is 9.69 Å². The van der Waals surface area contributed by atoms with Crippen LogP contribution in [0.5, 0.6) is 0 Å². The second-order valence-corrected chi connectivity index (χ2v) is 7.38. The van der Waals surface area contributed by atoms with Crippen molar-refractivity contribution in [1.29, 1.82) is 0 Å². The van der Waals surface area contributed by atoms with E-state index in [4.69, 9.17) is 10.5 Å². The van der Waals surface area contributed by atoms with Crippen molar-refractivity contribution in [1.82, 2.24) is 15.2 Å². The Morgan fingerprint density at radius 3 is 2.64 bits per heavy atom. The first-order valence-corrected chi connectivity index (χ1v) is 9.92. The molecule has 156 valence electrons. The average molecular weight is 447 g/mol. The van der Waals surface area contributed by atoms with Gasteiger partial charge in [-0.25, -0.2) is 4.98 Å². The van der Waals surface area contributed by atoms with Crippen LogP contribution in [0.25, 0.3) is 0 Å². The third kappa shape index (κ3) is 7.66. The number of nitrogens with one attached hydrogen (secondary N) is 1. The summed E-state index contributed by atoms with van der Waals surface area (Å²) < 4.78 is 5.43. The molecule has 9 heteroatoms. The molecule has 0 bridgehead atoms. The van der Waals surface area contributed by atoms with Crippen LogP contribution in [0, 0.1) is 0 Å². The Morgan fingerprint density at radius 1 is 1.25 bits per heavy atom. The monoisotopic (exact) mass is 446 g/mol. The minimum absolute atomic E-state index is 0. The molecule has 1 unspecified atom stereocenters. The minimum Gasteiger partial charge on any atom is -0.379 e. The topological polar surface area (TPSA) is 80.5 Å². The first-order chi connectivity index (χ1) is 12.7. The maximum Gasteiger partial charge on any atom is 0.271 e. The molecule has 1 aliphatic rings. The molecular formula is C19H28Cl2N4O2S. The first-order valence-electron chi connectivity index (χ1n) is 9.04. The third-order valence-electron chi connectivity index (χ3n) is 4.39. The van der Waals surface area contributed by atoms with Crippen LogP contribution in [0.15, 0.2) is 35.7 Å². The molecule has 1 amide bonds. The number of nitrogens with two attached hydrogens (primary N) is 1. The molecule has 6 nitrogen and oxygen atoms in total. The van der Waals surface area contributed by atoms with Gasteiger partial charge >= 0.3 is 0 Å². The third-order valence-corrected chi connectivity index (χ3v) is 5.29. The number of amides is 1. The van der Waals surface area contributed by atoms with Gasteiger partial charge in [0.15, 0.2) is 0 Å². The zero-order valence-electron chi connectivity index (χ0n) is 15.7. The molecule has 3 N–H and O–H groups in total. The van der Waals surface area contributed by atoms with Gasteiger partial charge in [0.1, 0.15) is 5.69 Å². The first kappa shape index (κ1) is 24.8. The molecule has 0 spiro atoms. The molecule has 0 aliphatic carbocycles. The molecule has 2 heterocycles. The highest BCUT2D eigenvalue weighted by molar-refractivity contribution is 7.09. The van der Waals surface area contributed by atoms with Crippen molar-refractivity contribution >= 4 is 42.1 Å². The van der Waals surface area contributed by atoms with Crippen LogP contribution in [0.1, 0.15) is 21.1 Å². The van der Waals surface area contributed by atoms with Crippen LogP contribution in [0.2, 0.25) is 0 Å². The van der Waals surface area contributed by atoms with Gasteiger partial charge in [0.05, 0.1) is 18.2 Å². The highest BCUT2D eigenvalue weighted by Gasteiger charge is 2.21. The molecule has 2 aromatic rings. The Hall–Kier alpha value is -1.22. The van der Waals surface area contributed by atoms with Gasteiger partial charge in [-0.1, -0.05) is 30.3 Å². The number of nitrogens with zero attached hydrogens (tertiary/aromatic N) is 2. The molecule has 0 saturated carbocycles. The van der Waals surface area contributed by atoms with E-state index in [2.05, 4.69) is 27.3 Å². The molecule has 1 aromatic carbocycles. The van der Waals surface area contributed by atoms with Crippen molar-refractivity contribution in [3.8, 4) is 0 Å². The van der Waals surface area contributed by atoms with Crippen molar-refractivity contribution in [2.75, 3.05) is 39.4 Å². The minimum atomic E-state index is -0.112. The smallest absolute Gasteiger partial charge is 0.271 e. The number of hydrogen-bond donors (Lipinski definition) is 2. The summed E-state index contributed by atoms with van der Waals surface area (Å²) in [6.45, 7) is 4.66. The number of hydrogen-bond acceptors (Lipinski definition) is 6. The SMILES string of the molecule is Cl.Cl.NCCc1nc(C(=O)NC(Cc2ccccc2)CN2CCOCC2)cs1. The summed E-state index contributed by atoms with van der Waals surface area (Å²) in [5.41, 5.74) is 7.27. The van der Waals surface area contributed by atoms with Gasteiger partial charge in [-0.15, -0.1) is 36.2 Å². The van der Waals surface area contributed by atoms with Crippen molar-refractivity contribution < 1.29 is 9.53 Å². The van der Waals surface area contributed by atoms with Crippen LogP contribution in [-0.2, 0) is 17.6 Å². The number of morpholine rings is 1. The van der Waals surface area contributed by atoms with E-state index >= 15 is 0 Å². The molecule has 1 saturated heterocycles. The molecule has 28 heavy (non-hydrogen) atoms. The Bertz CT molecular complexity index is 696. The zero-order chi connectivity index (χ0) is 18.2. The van der Waals surface area contributed by atoms with Gasteiger partial charge in [0.25, 0.3) is 5.91 Å². The standard InChI is InChI=1S/C19H26N4O2S.2ClH/c20-7-6-18-22-17(14-26-18)19(24)21-16(12-15-4-2-1-3-5-15)13-23-8-10-25-11-9-23;;/h1-5,14,16H,6-13,20H2,(H,21,24);2*1H. The summed E-state index contributed by atoms with van der Waals surface area (Å²) in [5.74, 6) is -0.112. The Balaban J connectivity index is 0.00000196. The van der Waals surface area contributed by atoms with Crippen LogP contribution >= 0.6 is 36.2 Å². The van der Waals surface area contributed by atoms with Crippen LogP contribution in [0.3, 0.4) is 0 Å². The van der Waals surface area contributed by atoms with Gasteiger partial charge in [-0.05, 0) is 18.5 Å². The number of halogens is 2. The lowest BCUT2D eigenvalue weighted by atomic mass is 10.0. The second-order valence-electron chi connectivity index (χ2n) is 6.44. The predicted molar refractivity (Wildman–Crippen MR) is 118 cm³/mol. The molecule has 1 atom stereocenters. The van der Waals surface area contributed by atoms with Gasteiger partial charge < -0.3 is 15.8 Å². The molecule has 1 aliphatic heterocycles. The highest BCUT2D eigenvalue weighted by atomic mass is 35.5. The van der Waals surface area contributed by atoms with Crippen LogP contribution in [-0.4, -0.2) is 61.2 Å². The summed E-state index contributed by atoms with van der Waals surface area (Å²) in [6.07, 6.45) is 1.50. The van der Waals surface area contributed by atoms with E-state index in [1.54, 1.807) is 0 Å². The maximum absolute atomic E-state index is 12.7. The Labute approximate surface area is 182 Å². The number of carbonyl (C=O) groups excluding carboxylic acids is 1. The maximum atomic E-state index is 12.7. The number of ether oxygens (including phenoxy) is 1.